The lowest BCUT2D eigenvalue weighted by molar-refractivity contribution is 0.0572. The highest BCUT2D eigenvalue weighted by Crippen LogP contribution is 2.37. The van der Waals surface area contributed by atoms with Gasteiger partial charge in [-0.1, -0.05) is 36.4 Å². The molecule has 10 heteroatoms. The zero-order valence-electron chi connectivity index (χ0n) is 24.2. The van der Waals surface area contributed by atoms with Crippen molar-refractivity contribution in [1.82, 2.24) is 39.5 Å². The third-order valence-electron chi connectivity index (χ3n) is 9.09. The molecule has 0 amide bonds. The van der Waals surface area contributed by atoms with Crippen molar-refractivity contribution in [2.24, 2.45) is 0 Å². The molecule has 1 saturated carbocycles. The standard InChI is InChI=1S/C32H39N9O/c1-42-18-17-39-13-15-40(16-14-39)24-8-10-25(11-9-24)41-32-29(31(33)34-21-35-32)30(38-41)23-7-12-26-27(20-23)37-28(36-26)19-22-5-3-2-4-6-22/h2-7,12,20-21,24-25H,8-11,13-19H2,1H3,(H,36,37)(H2,33,34,35)/t24-,25-. The smallest absolute Gasteiger partial charge is 0.164 e. The van der Waals surface area contributed by atoms with Crippen molar-refractivity contribution in [2.45, 2.75) is 44.2 Å². The second kappa shape index (κ2) is 11.8. The number of aromatic amines is 1. The van der Waals surface area contributed by atoms with E-state index in [-0.39, 0.29) is 0 Å². The number of H-pyrrole nitrogens is 1. The molecule has 3 N–H and O–H groups in total. The number of anilines is 1. The molecule has 0 bridgehead atoms. The number of nitrogens with one attached hydrogen (secondary N) is 1. The van der Waals surface area contributed by atoms with Crippen LogP contribution in [-0.4, -0.2) is 92.0 Å². The minimum absolute atomic E-state index is 0.293. The van der Waals surface area contributed by atoms with E-state index in [1.54, 1.807) is 13.4 Å². The van der Waals surface area contributed by atoms with Crippen molar-refractivity contribution in [3.05, 3.63) is 66.2 Å². The molecule has 3 aromatic heterocycles. The van der Waals surface area contributed by atoms with Crippen LogP contribution in [0.15, 0.2) is 54.9 Å². The van der Waals surface area contributed by atoms with E-state index >= 15 is 0 Å². The number of nitrogens with zero attached hydrogens (tertiary/aromatic N) is 7. The van der Waals surface area contributed by atoms with Gasteiger partial charge in [0.05, 0.1) is 29.1 Å². The summed E-state index contributed by atoms with van der Waals surface area (Å²) in [5.74, 6) is 1.41. The van der Waals surface area contributed by atoms with Crippen LogP contribution in [-0.2, 0) is 11.2 Å². The van der Waals surface area contributed by atoms with Crippen molar-refractivity contribution in [3.63, 3.8) is 0 Å². The van der Waals surface area contributed by atoms with E-state index in [4.69, 9.17) is 20.6 Å². The average Bonchev–Trinajstić information content (AvgIpc) is 3.62. The highest BCUT2D eigenvalue weighted by Gasteiger charge is 2.31. The normalized spacial score (nSPS) is 20.5. The first-order valence-corrected chi connectivity index (χ1v) is 15.1. The van der Waals surface area contributed by atoms with Gasteiger partial charge in [0.2, 0.25) is 0 Å². The largest absolute Gasteiger partial charge is 0.383 e. The lowest BCUT2D eigenvalue weighted by Gasteiger charge is -2.42. The van der Waals surface area contributed by atoms with Gasteiger partial charge in [-0.25, -0.2) is 19.6 Å². The van der Waals surface area contributed by atoms with Crippen molar-refractivity contribution >= 4 is 27.9 Å². The highest BCUT2D eigenvalue weighted by atomic mass is 16.5. The fourth-order valence-electron chi connectivity index (χ4n) is 6.77. The molecule has 2 aliphatic rings. The molecule has 4 heterocycles. The summed E-state index contributed by atoms with van der Waals surface area (Å²) in [6, 6.07) is 17.6. The molecule has 1 saturated heterocycles. The number of fused-ring (bicyclic) bond motifs is 2. The van der Waals surface area contributed by atoms with E-state index in [2.05, 4.69) is 71.9 Å². The number of hydrogen-bond acceptors (Lipinski definition) is 8. The predicted octanol–water partition coefficient (Wildman–Crippen LogP) is 4.29. The molecule has 0 unspecified atom stereocenters. The number of rotatable bonds is 8. The Morgan fingerprint density at radius 1 is 0.952 bits per heavy atom. The molecule has 1 aliphatic heterocycles. The molecule has 2 aromatic carbocycles. The molecular formula is C32H39N9O. The Balaban J connectivity index is 1.10. The van der Waals surface area contributed by atoms with E-state index in [0.717, 1.165) is 97.7 Å². The minimum Gasteiger partial charge on any atom is -0.383 e. The van der Waals surface area contributed by atoms with Crippen molar-refractivity contribution in [3.8, 4) is 11.3 Å². The summed E-state index contributed by atoms with van der Waals surface area (Å²) in [5, 5.41) is 5.99. The van der Waals surface area contributed by atoms with Gasteiger partial charge in [0, 0.05) is 57.9 Å². The lowest BCUT2D eigenvalue weighted by Crippen LogP contribution is -2.51. The number of aromatic nitrogens is 6. The van der Waals surface area contributed by atoms with Gasteiger partial charge < -0.3 is 15.5 Å². The average molecular weight is 566 g/mol. The second-order valence-electron chi connectivity index (χ2n) is 11.7. The Hall–Kier alpha value is -3.86. The maximum Gasteiger partial charge on any atom is 0.164 e. The molecule has 42 heavy (non-hydrogen) atoms. The first-order valence-electron chi connectivity index (χ1n) is 15.1. The van der Waals surface area contributed by atoms with Gasteiger partial charge in [-0.05, 0) is 43.4 Å². The van der Waals surface area contributed by atoms with Crippen LogP contribution >= 0.6 is 0 Å². The van der Waals surface area contributed by atoms with Crippen LogP contribution < -0.4 is 5.73 Å². The lowest BCUT2D eigenvalue weighted by atomic mass is 9.90. The minimum atomic E-state index is 0.293. The van der Waals surface area contributed by atoms with E-state index in [9.17, 15) is 0 Å². The van der Waals surface area contributed by atoms with Crippen LogP contribution in [0.4, 0.5) is 5.82 Å². The number of hydrogen-bond donors (Lipinski definition) is 2. The van der Waals surface area contributed by atoms with Crippen molar-refractivity contribution in [1.29, 1.82) is 0 Å². The fraction of sp³-hybridized carbons (Fsp3) is 0.438. The van der Waals surface area contributed by atoms with Crippen LogP contribution in [0.2, 0.25) is 0 Å². The molecule has 5 aromatic rings. The number of benzene rings is 2. The number of piperazine rings is 1. The van der Waals surface area contributed by atoms with Gasteiger partial charge in [0.15, 0.2) is 5.65 Å². The van der Waals surface area contributed by atoms with Gasteiger partial charge >= 0.3 is 0 Å². The summed E-state index contributed by atoms with van der Waals surface area (Å²) in [7, 11) is 1.78. The first-order chi connectivity index (χ1) is 20.7. The SMILES string of the molecule is COCCN1CCN([C@H]2CC[C@H](n3nc(-c4ccc5[nH]c(Cc6ccccc6)nc5c4)c4c(N)ncnc43)CC2)CC1. The Labute approximate surface area is 245 Å². The molecule has 2 fully saturated rings. The van der Waals surface area contributed by atoms with E-state index in [1.165, 1.54) is 18.4 Å². The first kappa shape index (κ1) is 27.0. The zero-order valence-corrected chi connectivity index (χ0v) is 24.2. The van der Waals surface area contributed by atoms with Crippen LogP contribution in [0.5, 0.6) is 0 Å². The van der Waals surface area contributed by atoms with Crippen LogP contribution in [0, 0.1) is 0 Å². The van der Waals surface area contributed by atoms with E-state index in [0.29, 0.717) is 17.9 Å². The number of methoxy groups -OCH3 is 1. The van der Waals surface area contributed by atoms with Gasteiger partial charge in [-0.3, -0.25) is 9.80 Å². The second-order valence-corrected chi connectivity index (χ2v) is 11.7. The van der Waals surface area contributed by atoms with Gasteiger partial charge in [0.1, 0.15) is 23.7 Å². The quantitative estimate of drug-likeness (QED) is 0.287. The fourth-order valence-corrected chi connectivity index (χ4v) is 6.77. The Bertz CT molecular complexity index is 1650. The Kier molecular flexibility index (Phi) is 7.58. The molecule has 7 rings (SSSR count). The predicted molar refractivity (Wildman–Crippen MR) is 165 cm³/mol. The van der Waals surface area contributed by atoms with Gasteiger partial charge in [-0.2, -0.15) is 5.10 Å². The van der Waals surface area contributed by atoms with E-state index in [1.807, 2.05) is 6.07 Å². The third kappa shape index (κ3) is 5.37. The number of imidazole rings is 1. The summed E-state index contributed by atoms with van der Waals surface area (Å²) < 4.78 is 7.39. The van der Waals surface area contributed by atoms with Gasteiger partial charge in [-0.15, -0.1) is 0 Å². The molecule has 218 valence electrons. The monoisotopic (exact) mass is 565 g/mol. The summed E-state index contributed by atoms with van der Waals surface area (Å²) in [4.78, 5) is 22.6. The summed E-state index contributed by atoms with van der Waals surface area (Å²) in [6.45, 7) is 6.37. The Morgan fingerprint density at radius 3 is 2.52 bits per heavy atom. The highest BCUT2D eigenvalue weighted by molar-refractivity contribution is 5.99. The number of nitrogens with two attached hydrogens (primary N) is 1. The van der Waals surface area contributed by atoms with Gasteiger partial charge in [0.25, 0.3) is 0 Å². The van der Waals surface area contributed by atoms with Crippen LogP contribution in [0.3, 0.4) is 0 Å². The maximum absolute atomic E-state index is 6.46. The summed E-state index contributed by atoms with van der Waals surface area (Å²) in [6.07, 6.45) is 6.81. The van der Waals surface area contributed by atoms with Crippen molar-refractivity contribution < 1.29 is 4.74 Å². The third-order valence-corrected chi connectivity index (χ3v) is 9.09. The molecule has 0 atom stereocenters. The number of nitrogen functional groups attached to an aromatic ring is 1. The van der Waals surface area contributed by atoms with E-state index < -0.39 is 0 Å². The van der Waals surface area contributed by atoms with Crippen LogP contribution in [0.25, 0.3) is 33.3 Å². The molecule has 10 nitrogen and oxygen atoms in total. The Morgan fingerprint density at radius 2 is 1.74 bits per heavy atom. The maximum atomic E-state index is 6.46. The molecule has 0 spiro atoms. The van der Waals surface area contributed by atoms with Crippen molar-refractivity contribution in [2.75, 3.05) is 52.2 Å². The molecule has 0 radical (unpaired) electrons. The molecular weight excluding hydrogens is 526 g/mol. The molecule has 1 aliphatic carbocycles. The summed E-state index contributed by atoms with van der Waals surface area (Å²) >= 11 is 0. The topological polar surface area (TPSA) is 114 Å². The number of ether oxygens (including phenoxy) is 1. The summed E-state index contributed by atoms with van der Waals surface area (Å²) in [5.41, 5.74) is 12.2. The van der Waals surface area contributed by atoms with Crippen LogP contribution in [0.1, 0.15) is 43.1 Å². The zero-order chi connectivity index (χ0) is 28.5.